The maximum Gasteiger partial charge on any atom is 0.258 e. The topological polar surface area (TPSA) is 38.3 Å². The van der Waals surface area contributed by atoms with Gasteiger partial charge in [0.1, 0.15) is 5.75 Å². The lowest BCUT2D eigenvalue weighted by molar-refractivity contribution is -0.123. The maximum absolute atomic E-state index is 12.0. The lowest BCUT2D eigenvalue weighted by Crippen LogP contribution is -2.31. The molecule has 1 amide bonds. The predicted octanol–water partition coefficient (Wildman–Crippen LogP) is 4.21. The molecule has 116 valence electrons. The van der Waals surface area contributed by atoms with Gasteiger partial charge in [-0.15, -0.1) is 0 Å². The second-order valence-corrected chi connectivity index (χ2v) is 5.78. The van der Waals surface area contributed by atoms with Crippen LogP contribution in [0.1, 0.15) is 29.7 Å². The minimum absolute atomic E-state index is 0.0566. The van der Waals surface area contributed by atoms with E-state index < -0.39 is 0 Å². The minimum atomic E-state index is -0.174. The van der Waals surface area contributed by atoms with Crippen LogP contribution in [-0.4, -0.2) is 12.5 Å². The Kier molecular flexibility index (Phi) is 5.45. The molecule has 2 aromatic rings. The number of aryl methyl sites for hydroxylation is 2. The first kappa shape index (κ1) is 16.4. The van der Waals surface area contributed by atoms with Crippen LogP contribution in [0, 0.1) is 13.8 Å². The molecule has 0 saturated heterocycles. The van der Waals surface area contributed by atoms with E-state index in [1.807, 2.05) is 38.1 Å². The van der Waals surface area contributed by atoms with Crippen molar-refractivity contribution >= 4 is 17.5 Å². The SMILES string of the molecule is Cc1ccc([C@@H](C)NC(=O)COc2ccccc2Cl)c(C)c1. The fourth-order valence-electron chi connectivity index (χ4n) is 2.38. The summed E-state index contributed by atoms with van der Waals surface area (Å²) in [6, 6.07) is 13.2. The molecular weight excluding hydrogens is 298 g/mol. The van der Waals surface area contributed by atoms with Crippen molar-refractivity contribution in [2.24, 2.45) is 0 Å². The Bertz CT molecular complexity index is 670. The molecule has 0 aliphatic heterocycles. The number of rotatable bonds is 5. The third-order valence-corrected chi connectivity index (χ3v) is 3.78. The number of carbonyl (C=O) groups is 1. The third kappa shape index (κ3) is 4.25. The van der Waals surface area contributed by atoms with E-state index in [2.05, 4.69) is 18.3 Å². The average molecular weight is 318 g/mol. The zero-order chi connectivity index (χ0) is 16.1. The Morgan fingerprint density at radius 1 is 1.23 bits per heavy atom. The number of hydrogen-bond donors (Lipinski definition) is 1. The number of nitrogens with one attached hydrogen (secondary N) is 1. The van der Waals surface area contributed by atoms with Gasteiger partial charge in [-0.3, -0.25) is 4.79 Å². The van der Waals surface area contributed by atoms with Gasteiger partial charge >= 0.3 is 0 Å². The molecule has 0 aromatic heterocycles. The molecule has 2 aromatic carbocycles. The highest BCUT2D eigenvalue weighted by Crippen LogP contribution is 2.23. The quantitative estimate of drug-likeness (QED) is 0.897. The van der Waals surface area contributed by atoms with Crippen molar-refractivity contribution in [1.82, 2.24) is 5.32 Å². The second kappa shape index (κ2) is 7.32. The summed E-state index contributed by atoms with van der Waals surface area (Å²) in [5.41, 5.74) is 3.48. The van der Waals surface area contributed by atoms with E-state index in [1.54, 1.807) is 12.1 Å². The van der Waals surface area contributed by atoms with Gasteiger partial charge in [-0.1, -0.05) is 47.5 Å². The van der Waals surface area contributed by atoms with E-state index in [1.165, 1.54) is 11.1 Å². The minimum Gasteiger partial charge on any atom is -0.482 e. The van der Waals surface area contributed by atoms with E-state index >= 15 is 0 Å². The Hall–Kier alpha value is -2.00. The molecule has 0 aliphatic carbocycles. The standard InChI is InChI=1S/C18H20ClNO2/c1-12-8-9-15(13(2)10-12)14(3)20-18(21)11-22-17-7-5-4-6-16(17)19/h4-10,14H,11H2,1-3H3,(H,20,21)/t14-/m1/s1. The smallest absolute Gasteiger partial charge is 0.258 e. The Balaban J connectivity index is 1.93. The van der Waals surface area contributed by atoms with Crippen LogP contribution in [0.4, 0.5) is 0 Å². The summed E-state index contributed by atoms with van der Waals surface area (Å²) in [5.74, 6) is 0.339. The van der Waals surface area contributed by atoms with Crippen LogP contribution in [-0.2, 0) is 4.79 Å². The maximum atomic E-state index is 12.0. The van der Waals surface area contributed by atoms with E-state index in [9.17, 15) is 4.79 Å². The zero-order valence-electron chi connectivity index (χ0n) is 13.0. The van der Waals surface area contributed by atoms with E-state index in [-0.39, 0.29) is 18.6 Å². The van der Waals surface area contributed by atoms with Crippen molar-refractivity contribution in [2.45, 2.75) is 26.8 Å². The summed E-state index contributed by atoms with van der Waals surface area (Å²) in [7, 11) is 0. The molecule has 0 aliphatic rings. The second-order valence-electron chi connectivity index (χ2n) is 5.37. The molecule has 3 nitrogen and oxygen atoms in total. The molecule has 1 N–H and O–H groups in total. The highest BCUT2D eigenvalue weighted by atomic mass is 35.5. The molecule has 0 heterocycles. The van der Waals surface area contributed by atoms with Crippen LogP contribution in [0.15, 0.2) is 42.5 Å². The van der Waals surface area contributed by atoms with Crippen LogP contribution in [0.3, 0.4) is 0 Å². The Morgan fingerprint density at radius 2 is 1.95 bits per heavy atom. The number of para-hydroxylation sites is 1. The summed E-state index contributed by atoms with van der Waals surface area (Å²) in [5, 5.41) is 3.44. The molecule has 0 fully saturated rings. The summed E-state index contributed by atoms with van der Waals surface area (Å²) in [6.45, 7) is 6.01. The van der Waals surface area contributed by atoms with Crippen LogP contribution < -0.4 is 10.1 Å². The molecular formula is C18H20ClNO2. The molecule has 1 atom stereocenters. The number of amides is 1. The van der Waals surface area contributed by atoms with Gasteiger partial charge in [0, 0.05) is 0 Å². The molecule has 22 heavy (non-hydrogen) atoms. The van der Waals surface area contributed by atoms with Gasteiger partial charge in [-0.05, 0) is 44.0 Å². The van der Waals surface area contributed by atoms with Crippen molar-refractivity contribution in [3.8, 4) is 5.75 Å². The van der Waals surface area contributed by atoms with Gasteiger partial charge in [-0.25, -0.2) is 0 Å². The van der Waals surface area contributed by atoms with Crippen molar-refractivity contribution in [3.63, 3.8) is 0 Å². The Morgan fingerprint density at radius 3 is 2.64 bits per heavy atom. The highest BCUT2D eigenvalue weighted by Gasteiger charge is 2.12. The summed E-state index contributed by atoms with van der Waals surface area (Å²) in [6.07, 6.45) is 0. The van der Waals surface area contributed by atoms with Crippen molar-refractivity contribution in [3.05, 3.63) is 64.2 Å². The van der Waals surface area contributed by atoms with Gasteiger partial charge in [0.05, 0.1) is 11.1 Å². The summed E-state index contributed by atoms with van der Waals surface area (Å²) in [4.78, 5) is 12.0. The number of carbonyl (C=O) groups excluding carboxylic acids is 1. The summed E-state index contributed by atoms with van der Waals surface area (Å²) < 4.78 is 5.44. The average Bonchev–Trinajstić information content (AvgIpc) is 2.46. The van der Waals surface area contributed by atoms with E-state index in [0.717, 1.165) is 5.56 Å². The van der Waals surface area contributed by atoms with Crippen LogP contribution in [0.2, 0.25) is 5.02 Å². The molecule has 4 heteroatoms. The first-order valence-electron chi connectivity index (χ1n) is 7.21. The van der Waals surface area contributed by atoms with Crippen LogP contribution in [0.5, 0.6) is 5.75 Å². The van der Waals surface area contributed by atoms with Crippen LogP contribution in [0.25, 0.3) is 0 Å². The van der Waals surface area contributed by atoms with Gasteiger partial charge in [-0.2, -0.15) is 0 Å². The van der Waals surface area contributed by atoms with Crippen molar-refractivity contribution in [1.29, 1.82) is 0 Å². The number of hydrogen-bond acceptors (Lipinski definition) is 2. The number of halogens is 1. The first-order valence-corrected chi connectivity index (χ1v) is 7.59. The van der Waals surface area contributed by atoms with Gasteiger partial charge < -0.3 is 10.1 Å². The molecule has 2 rings (SSSR count). The fourth-order valence-corrected chi connectivity index (χ4v) is 2.57. The van der Waals surface area contributed by atoms with Gasteiger partial charge in [0.15, 0.2) is 6.61 Å². The normalized spacial score (nSPS) is 11.8. The summed E-state index contributed by atoms with van der Waals surface area (Å²) >= 11 is 5.99. The lowest BCUT2D eigenvalue weighted by atomic mass is 10.0. The monoisotopic (exact) mass is 317 g/mol. The van der Waals surface area contributed by atoms with Crippen LogP contribution >= 0.6 is 11.6 Å². The molecule has 0 spiro atoms. The number of benzene rings is 2. The number of ether oxygens (including phenoxy) is 1. The van der Waals surface area contributed by atoms with Crippen molar-refractivity contribution in [2.75, 3.05) is 6.61 Å². The fraction of sp³-hybridized carbons (Fsp3) is 0.278. The van der Waals surface area contributed by atoms with E-state index in [0.29, 0.717) is 10.8 Å². The third-order valence-electron chi connectivity index (χ3n) is 3.46. The van der Waals surface area contributed by atoms with Gasteiger partial charge in [0.25, 0.3) is 5.91 Å². The molecule has 0 saturated carbocycles. The first-order chi connectivity index (χ1) is 10.5. The van der Waals surface area contributed by atoms with Crippen molar-refractivity contribution < 1.29 is 9.53 Å². The highest BCUT2D eigenvalue weighted by molar-refractivity contribution is 6.32. The van der Waals surface area contributed by atoms with E-state index in [4.69, 9.17) is 16.3 Å². The largest absolute Gasteiger partial charge is 0.482 e. The molecule has 0 unspecified atom stereocenters. The Labute approximate surface area is 136 Å². The molecule has 0 bridgehead atoms. The lowest BCUT2D eigenvalue weighted by Gasteiger charge is -2.17. The van der Waals surface area contributed by atoms with Gasteiger partial charge in [0.2, 0.25) is 0 Å². The zero-order valence-corrected chi connectivity index (χ0v) is 13.8. The predicted molar refractivity (Wildman–Crippen MR) is 89.4 cm³/mol. The molecule has 0 radical (unpaired) electrons.